The molecule has 4 heteroatoms. The highest BCUT2D eigenvalue weighted by atomic mass is 32.2. The predicted octanol–water partition coefficient (Wildman–Crippen LogP) is 2.07. The fourth-order valence-electron chi connectivity index (χ4n) is 1.04. The number of aromatic nitrogens is 2. The highest BCUT2D eigenvalue weighted by Gasteiger charge is 1.97. The standard InChI is InChI=1S/C11H14N2OS/c1-9-8-10(6-4-3-5-7-14)13-11(12-9)15-2/h3-6,8,14H,7H2,1-2H3/b5-3+,6-4+. The van der Waals surface area contributed by atoms with E-state index in [9.17, 15) is 0 Å². The second kappa shape index (κ2) is 6.37. The van der Waals surface area contributed by atoms with Gasteiger partial charge in [-0.15, -0.1) is 0 Å². The van der Waals surface area contributed by atoms with Crippen LogP contribution >= 0.6 is 11.8 Å². The monoisotopic (exact) mass is 222 g/mol. The zero-order chi connectivity index (χ0) is 11.1. The average Bonchev–Trinajstić information content (AvgIpc) is 2.23. The molecule has 0 atom stereocenters. The minimum atomic E-state index is 0.0587. The van der Waals surface area contributed by atoms with Crippen LogP contribution in [0.5, 0.6) is 0 Å². The highest BCUT2D eigenvalue weighted by Crippen LogP contribution is 2.11. The van der Waals surface area contributed by atoms with Crippen molar-refractivity contribution in [1.82, 2.24) is 9.97 Å². The molecule has 0 aliphatic heterocycles. The molecule has 1 N–H and O–H groups in total. The van der Waals surface area contributed by atoms with Crippen LogP contribution in [0.2, 0.25) is 0 Å². The summed E-state index contributed by atoms with van der Waals surface area (Å²) in [5, 5.41) is 9.32. The molecule has 0 bridgehead atoms. The fourth-order valence-corrected chi connectivity index (χ4v) is 1.47. The third kappa shape index (κ3) is 4.27. The van der Waals surface area contributed by atoms with Gasteiger partial charge in [0.15, 0.2) is 5.16 Å². The van der Waals surface area contributed by atoms with Gasteiger partial charge in [0.1, 0.15) is 0 Å². The smallest absolute Gasteiger partial charge is 0.188 e. The third-order valence-electron chi connectivity index (χ3n) is 1.66. The largest absolute Gasteiger partial charge is 0.392 e. The van der Waals surface area contributed by atoms with E-state index in [0.717, 1.165) is 16.5 Å². The van der Waals surface area contributed by atoms with Crippen molar-refractivity contribution in [2.24, 2.45) is 0 Å². The molecule has 0 saturated carbocycles. The minimum Gasteiger partial charge on any atom is -0.392 e. The maximum Gasteiger partial charge on any atom is 0.188 e. The summed E-state index contributed by atoms with van der Waals surface area (Å²) in [5.74, 6) is 0. The number of rotatable bonds is 4. The lowest BCUT2D eigenvalue weighted by Crippen LogP contribution is -1.91. The minimum absolute atomic E-state index is 0.0587. The molecule has 1 rings (SSSR count). The van der Waals surface area contributed by atoms with Crippen LogP contribution in [-0.4, -0.2) is 27.9 Å². The number of hydrogen-bond acceptors (Lipinski definition) is 4. The van der Waals surface area contributed by atoms with Crippen LogP contribution in [0, 0.1) is 6.92 Å². The average molecular weight is 222 g/mol. The summed E-state index contributed by atoms with van der Waals surface area (Å²) in [6.45, 7) is 2.01. The van der Waals surface area contributed by atoms with Crippen LogP contribution in [0.3, 0.4) is 0 Å². The van der Waals surface area contributed by atoms with E-state index in [1.807, 2.05) is 31.4 Å². The van der Waals surface area contributed by atoms with Gasteiger partial charge in [0, 0.05) is 5.69 Å². The lowest BCUT2D eigenvalue weighted by Gasteiger charge is -1.99. The van der Waals surface area contributed by atoms with Crippen LogP contribution in [0.1, 0.15) is 11.4 Å². The topological polar surface area (TPSA) is 46.0 Å². The zero-order valence-electron chi connectivity index (χ0n) is 8.84. The molecule has 1 heterocycles. The second-order valence-corrected chi connectivity index (χ2v) is 3.66. The summed E-state index contributed by atoms with van der Waals surface area (Å²) >= 11 is 1.53. The van der Waals surface area contributed by atoms with E-state index in [4.69, 9.17) is 5.11 Å². The van der Waals surface area contributed by atoms with Crippen molar-refractivity contribution in [2.45, 2.75) is 12.1 Å². The first-order valence-electron chi connectivity index (χ1n) is 4.60. The van der Waals surface area contributed by atoms with Crippen molar-refractivity contribution in [3.63, 3.8) is 0 Å². The summed E-state index contributed by atoms with van der Waals surface area (Å²) in [7, 11) is 0. The van der Waals surface area contributed by atoms with Gasteiger partial charge >= 0.3 is 0 Å². The van der Waals surface area contributed by atoms with Crippen LogP contribution in [0.4, 0.5) is 0 Å². The lowest BCUT2D eigenvalue weighted by molar-refractivity contribution is 0.343. The number of thioether (sulfide) groups is 1. The molecule has 1 aromatic heterocycles. The SMILES string of the molecule is CSc1nc(C)cc(/C=C/C=C/CO)n1. The summed E-state index contributed by atoms with van der Waals surface area (Å²) in [6, 6.07) is 1.92. The summed E-state index contributed by atoms with van der Waals surface area (Å²) in [5.41, 5.74) is 1.84. The number of hydrogen-bond donors (Lipinski definition) is 1. The molecule has 0 aliphatic carbocycles. The first-order valence-corrected chi connectivity index (χ1v) is 5.82. The maximum atomic E-state index is 8.54. The molecule has 0 saturated heterocycles. The molecule has 3 nitrogen and oxygen atoms in total. The van der Waals surface area contributed by atoms with Gasteiger partial charge in [0.05, 0.1) is 12.3 Å². The Hall–Kier alpha value is -1.13. The van der Waals surface area contributed by atoms with E-state index in [1.165, 1.54) is 11.8 Å². The van der Waals surface area contributed by atoms with Crippen molar-refractivity contribution in [3.8, 4) is 0 Å². The molecule has 15 heavy (non-hydrogen) atoms. The van der Waals surface area contributed by atoms with Crippen LogP contribution in [0.15, 0.2) is 29.5 Å². The first-order chi connectivity index (χ1) is 7.26. The quantitative estimate of drug-likeness (QED) is 0.481. The predicted molar refractivity (Wildman–Crippen MR) is 63.8 cm³/mol. The Labute approximate surface area is 94.0 Å². The third-order valence-corrected chi connectivity index (χ3v) is 2.20. The molecule has 0 fully saturated rings. The normalized spacial score (nSPS) is 11.7. The van der Waals surface area contributed by atoms with Gasteiger partial charge in [0.25, 0.3) is 0 Å². The second-order valence-electron chi connectivity index (χ2n) is 2.89. The van der Waals surface area contributed by atoms with E-state index >= 15 is 0 Å². The number of aliphatic hydroxyl groups is 1. The van der Waals surface area contributed by atoms with Crippen LogP contribution < -0.4 is 0 Å². The number of aliphatic hydroxyl groups excluding tert-OH is 1. The fraction of sp³-hybridized carbons (Fsp3) is 0.273. The molecular formula is C11H14N2OS. The summed E-state index contributed by atoms with van der Waals surface area (Å²) < 4.78 is 0. The van der Waals surface area contributed by atoms with Gasteiger partial charge in [-0.2, -0.15) is 0 Å². The van der Waals surface area contributed by atoms with Gasteiger partial charge < -0.3 is 5.11 Å². The Kier molecular flexibility index (Phi) is 5.07. The molecule has 0 radical (unpaired) electrons. The molecular weight excluding hydrogens is 208 g/mol. The Morgan fingerprint density at radius 3 is 2.87 bits per heavy atom. The van der Waals surface area contributed by atoms with Gasteiger partial charge in [0.2, 0.25) is 0 Å². The van der Waals surface area contributed by atoms with Crippen molar-refractivity contribution < 1.29 is 5.11 Å². The van der Waals surface area contributed by atoms with Crippen molar-refractivity contribution in [1.29, 1.82) is 0 Å². The summed E-state index contributed by atoms with van der Waals surface area (Å²) in [4.78, 5) is 8.58. The maximum absolute atomic E-state index is 8.54. The van der Waals surface area contributed by atoms with Crippen LogP contribution in [-0.2, 0) is 0 Å². The van der Waals surface area contributed by atoms with Crippen molar-refractivity contribution in [3.05, 3.63) is 35.7 Å². The lowest BCUT2D eigenvalue weighted by atomic mass is 10.3. The molecule has 80 valence electrons. The molecule has 0 spiro atoms. The Morgan fingerprint density at radius 2 is 2.20 bits per heavy atom. The summed E-state index contributed by atoms with van der Waals surface area (Å²) in [6.07, 6.45) is 9.15. The highest BCUT2D eigenvalue weighted by molar-refractivity contribution is 7.98. The van der Waals surface area contributed by atoms with E-state index in [2.05, 4.69) is 9.97 Å². The molecule has 1 aromatic rings. The van der Waals surface area contributed by atoms with Gasteiger partial charge in [-0.25, -0.2) is 9.97 Å². The molecule has 0 unspecified atom stereocenters. The Balaban J connectivity index is 2.80. The molecule has 0 aliphatic rings. The van der Waals surface area contributed by atoms with Gasteiger partial charge in [-0.1, -0.05) is 30.0 Å². The Morgan fingerprint density at radius 1 is 1.40 bits per heavy atom. The number of allylic oxidation sites excluding steroid dienone is 2. The van der Waals surface area contributed by atoms with Gasteiger partial charge in [-0.05, 0) is 25.3 Å². The van der Waals surface area contributed by atoms with E-state index in [-0.39, 0.29) is 6.61 Å². The number of aryl methyl sites for hydroxylation is 1. The van der Waals surface area contributed by atoms with Crippen LogP contribution in [0.25, 0.3) is 6.08 Å². The number of nitrogens with zero attached hydrogens (tertiary/aromatic N) is 2. The molecule has 0 aromatic carbocycles. The Bertz CT molecular complexity index is 375. The zero-order valence-corrected chi connectivity index (χ0v) is 9.66. The molecule has 0 amide bonds. The van der Waals surface area contributed by atoms with E-state index in [1.54, 1.807) is 12.2 Å². The van der Waals surface area contributed by atoms with E-state index in [0.29, 0.717) is 0 Å². The van der Waals surface area contributed by atoms with Crippen molar-refractivity contribution >= 4 is 17.8 Å². The van der Waals surface area contributed by atoms with Crippen molar-refractivity contribution in [2.75, 3.05) is 12.9 Å². The van der Waals surface area contributed by atoms with E-state index < -0.39 is 0 Å². The van der Waals surface area contributed by atoms with Gasteiger partial charge in [-0.3, -0.25) is 0 Å². The first kappa shape index (κ1) is 11.9.